The molecule has 1 aromatic heterocycles. The van der Waals surface area contributed by atoms with Crippen LogP contribution in [-0.4, -0.2) is 40.7 Å². The van der Waals surface area contributed by atoms with Crippen LogP contribution < -0.4 is 5.32 Å². The molecule has 1 aromatic carbocycles. The van der Waals surface area contributed by atoms with Gasteiger partial charge < -0.3 is 9.84 Å². The number of aromatic nitrogens is 2. The Bertz CT molecular complexity index is 774. The van der Waals surface area contributed by atoms with E-state index >= 15 is 0 Å². The van der Waals surface area contributed by atoms with E-state index in [2.05, 4.69) is 20.0 Å². The first kappa shape index (κ1) is 19.4. The number of nitrogens with one attached hydrogen (secondary N) is 1. The Morgan fingerprint density at radius 3 is 2.46 bits per heavy atom. The molecule has 0 atom stereocenters. The Morgan fingerprint density at radius 2 is 1.92 bits per heavy atom. The highest BCUT2D eigenvalue weighted by Gasteiger charge is 2.38. The number of hydroxylamine groups is 2. The summed E-state index contributed by atoms with van der Waals surface area (Å²) in [6, 6.07) is 6.05. The molecule has 140 valence electrons. The average molecular weight is 372 g/mol. The number of carbonyl (C=O) groups excluding carboxylic acids is 2. The van der Waals surface area contributed by atoms with Gasteiger partial charge in [-0.3, -0.25) is 14.4 Å². The lowest BCUT2D eigenvalue weighted by atomic mass is 10.1. The van der Waals surface area contributed by atoms with Gasteiger partial charge in [0.1, 0.15) is 0 Å². The summed E-state index contributed by atoms with van der Waals surface area (Å²) < 4.78 is 41.5. The Hall–Kier alpha value is -2.95. The van der Waals surface area contributed by atoms with E-state index in [0.717, 1.165) is 5.06 Å². The van der Waals surface area contributed by atoms with E-state index < -0.39 is 23.9 Å². The lowest BCUT2D eigenvalue weighted by Gasteiger charge is -2.14. The first-order chi connectivity index (χ1) is 12.2. The van der Waals surface area contributed by atoms with Crippen LogP contribution in [0.4, 0.5) is 13.2 Å². The van der Waals surface area contributed by atoms with Gasteiger partial charge >= 0.3 is 23.9 Å². The lowest BCUT2D eigenvalue weighted by Crippen LogP contribution is -2.40. The molecule has 0 saturated heterocycles. The maximum atomic E-state index is 12.5. The molecule has 0 unspecified atom stereocenters. The number of nitrogens with zero attached hydrogens (tertiary/aromatic N) is 3. The van der Waals surface area contributed by atoms with Crippen molar-refractivity contribution in [1.82, 2.24) is 20.5 Å². The number of hydrogen-bond donors (Lipinski definition) is 1. The van der Waals surface area contributed by atoms with Crippen molar-refractivity contribution in [2.75, 3.05) is 13.7 Å². The van der Waals surface area contributed by atoms with Crippen molar-refractivity contribution in [1.29, 1.82) is 0 Å². The molecule has 2 rings (SSSR count). The highest BCUT2D eigenvalue weighted by atomic mass is 19.4. The predicted octanol–water partition coefficient (Wildman–Crippen LogP) is 1.78. The highest BCUT2D eigenvalue weighted by Crippen LogP contribution is 2.29. The van der Waals surface area contributed by atoms with Crippen molar-refractivity contribution in [2.24, 2.45) is 0 Å². The van der Waals surface area contributed by atoms with Gasteiger partial charge in [-0.1, -0.05) is 29.4 Å². The zero-order chi connectivity index (χ0) is 19.3. The van der Waals surface area contributed by atoms with Crippen LogP contribution in [-0.2, 0) is 27.1 Å². The van der Waals surface area contributed by atoms with E-state index in [1.165, 1.54) is 19.2 Å². The first-order valence-corrected chi connectivity index (χ1v) is 7.41. The molecule has 0 bridgehead atoms. The van der Waals surface area contributed by atoms with Gasteiger partial charge in [0.25, 0.3) is 0 Å². The first-order valence-electron chi connectivity index (χ1n) is 7.41. The van der Waals surface area contributed by atoms with Crippen molar-refractivity contribution in [3.8, 4) is 11.4 Å². The maximum Gasteiger partial charge on any atom is 0.471 e. The highest BCUT2D eigenvalue weighted by molar-refractivity contribution is 6.34. The Kier molecular flexibility index (Phi) is 5.93. The molecular weight excluding hydrogens is 357 g/mol. The molecule has 1 heterocycles. The number of amides is 2. The van der Waals surface area contributed by atoms with E-state index in [1.807, 2.05) is 0 Å². The molecule has 2 aromatic rings. The number of rotatable bonds is 5. The van der Waals surface area contributed by atoms with Gasteiger partial charge in [0.2, 0.25) is 5.82 Å². The van der Waals surface area contributed by atoms with E-state index in [-0.39, 0.29) is 19.0 Å². The molecule has 0 aliphatic carbocycles. The van der Waals surface area contributed by atoms with E-state index in [9.17, 15) is 22.8 Å². The second-order valence-corrected chi connectivity index (χ2v) is 5.02. The number of halogens is 3. The molecule has 0 fully saturated rings. The normalized spacial score (nSPS) is 11.3. The van der Waals surface area contributed by atoms with Crippen LogP contribution in [0, 0.1) is 0 Å². The lowest BCUT2D eigenvalue weighted by molar-refractivity contribution is -0.180. The van der Waals surface area contributed by atoms with Crippen LogP contribution in [0.5, 0.6) is 0 Å². The molecule has 0 aliphatic heterocycles. The third-order valence-corrected chi connectivity index (χ3v) is 3.14. The fourth-order valence-corrected chi connectivity index (χ4v) is 1.88. The molecular formula is C15H15F3N4O4. The Morgan fingerprint density at radius 1 is 1.27 bits per heavy atom. The zero-order valence-electron chi connectivity index (χ0n) is 13.8. The fourth-order valence-electron chi connectivity index (χ4n) is 1.88. The largest absolute Gasteiger partial charge is 0.471 e. The Labute approximate surface area is 145 Å². The van der Waals surface area contributed by atoms with E-state index in [0.29, 0.717) is 11.1 Å². The van der Waals surface area contributed by atoms with Gasteiger partial charge in [-0.25, -0.2) is 5.06 Å². The molecule has 1 N–H and O–H groups in total. The topological polar surface area (TPSA) is 97.6 Å². The summed E-state index contributed by atoms with van der Waals surface area (Å²) in [6.07, 6.45) is -4.71. The molecule has 2 amide bonds. The van der Waals surface area contributed by atoms with Crippen LogP contribution in [0.25, 0.3) is 11.4 Å². The summed E-state index contributed by atoms with van der Waals surface area (Å²) in [6.45, 7) is 1.96. The predicted molar refractivity (Wildman–Crippen MR) is 81.0 cm³/mol. The van der Waals surface area contributed by atoms with Gasteiger partial charge in [-0.15, -0.1) is 0 Å². The standard InChI is InChI=1S/C15H15F3N4O4/c1-3-25-22(2)13(24)12(23)19-8-9-4-6-10(7-5-9)11-20-14(26-21-11)15(16,17)18/h4-7H,3,8H2,1-2H3,(H,19,23). The maximum absolute atomic E-state index is 12.5. The summed E-state index contributed by atoms with van der Waals surface area (Å²) >= 11 is 0. The van der Waals surface area contributed by atoms with Gasteiger partial charge in [-0.05, 0) is 12.5 Å². The van der Waals surface area contributed by atoms with Crippen molar-refractivity contribution in [3.05, 3.63) is 35.7 Å². The number of hydrogen-bond acceptors (Lipinski definition) is 6. The zero-order valence-corrected chi connectivity index (χ0v) is 13.8. The molecule has 0 spiro atoms. The van der Waals surface area contributed by atoms with E-state index in [4.69, 9.17) is 4.84 Å². The second-order valence-electron chi connectivity index (χ2n) is 5.02. The van der Waals surface area contributed by atoms with Gasteiger partial charge in [0, 0.05) is 19.2 Å². The SMILES string of the molecule is CCON(C)C(=O)C(=O)NCc1ccc(-c2noc(C(F)(F)F)n2)cc1. The molecule has 0 aliphatic rings. The minimum Gasteiger partial charge on any atom is -0.344 e. The Balaban J connectivity index is 1.96. The summed E-state index contributed by atoms with van der Waals surface area (Å²) in [4.78, 5) is 31.5. The number of carbonyl (C=O) groups is 2. The molecule has 0 radical (unpaired) electrons. The fraction of sp³-hybridized carbons (Fsp3) is 0.333. The third kappa shape index (κ3) is 4.79. The van der Waals surface area contributed by atoms with Crippen LogP contribution in [0.15, 0.2) is 28.8 Å². The van der Waals surface area contributed by atoms with Gasteiger partial charge in [0.15, 0.2) is 0 Å². The summed E-state index contributed by atoms with van der Waals surface area (Å²) in [5, 5.41) is 6.52. The van der Waals surface area contributed by atoms with Crippen molar-refractivity contribution in [3.63, 3.8) is 0 Å². The minimum absolute atomic E-state index is 0.0465. The molecule has 11 heteroatoms. The quantitative estimate of drug-likeness (QED) is 0.635. The molecule has 8 nitrogen and oxygen atoms in total. The minimum atomic E-state index is -4.71. The van der Waals surface area contributed by atoms with Gasteiger partial charge in [-0.2, -0.15) is 18.2 Å². The summed E-state index contributed by atoms with van der Waals surface area (Å²) in [5.41, 5.74) is 0.931. The van der Waals surface area contributed by atoms with Crippen molar-refractivity contribution in [2.45, 2.75) is 19.6 Å². The third-order valence-electron chi connectivity index (χ3n) is 3.14. The second kappa shape index (κ2) is 7.95. The monoisotopic (exact) mass is 372 g/mol. The van der Waals surface area contributed by atoms with Crippen LogP contribution in [0.3, 0.4) is 0 Å². The smallest absolute Gasteiger partial charge is 0.344 e. The molecule has 26 heavy (non-hydrogen) atoms. The van der Waals surface area contributed by atoms with Crippen molar-refractivity contribution >= 4 is 11.8 Å². The van der Waals surface area contributed by atoms with Crippen LogP contribution in [0.1, 0.15) is 18.4 Å². The van der Waals surface area contributed by atoms with E-state index in [1.54, 1.807) is 19.1 Å². The summed E-state index contributed by atoms with van der Waals surface area (Å²) in [5.74, 6) is -3.34. The van der Waals surface area contributed by atoms with Crippen LogP contribution in [0.2, 0.25) is 0 Å². The molecule has 0 saturated carbocycles. The van der Waals surface area contributed by atoms with Crippen LogP contribution >= 0.6 is 0 Å². The van der Waals surface area contributed by atoms with Gasteiger partial charge in [0.05, 0.1) is 6.61 Å². The number of benzene rings is 1. The number of likely N-dealkylation sites (N-methyl/N-ethyl adjacent to an activating group) is 1. The average Bonchev–Trinajstić information content (AvgIpc) is 3.10. The van der Waals surface area contributed by atoms with Crippen molar-refractivity contribution < 1.29 is 32.1 Å². The summed E-state index contributed by atoms with van der Waals surface area (Å²) in [7, 11) is 1.32. The number of alkyl halides is 3.